The van der Waals surface area contributed by atoms with Crippen LogP contribution >= 0.6 is 0 Å². The molecule has 1 unspecified atom stereocenters. The zero-order valence-electron chi connectivity index (χ0n) is 8.50. The lowest BCUT2D eigenvalue weighted by Gasteiger charge is -2.15. The molecule has 13 heavy (non-hydrogen) atoms. The van der Waals surface area contributed by atoms with Crippen LogP contribution in [0.25, 0.3) is 5.57 Å². The highest BCUT2D eigenvalue weighted by Gasteiger charge is 2.08. The SMILES string of the molecule is C=C(c1ccccc1C)C(C)O[SiH3]. The second-order valence-electron chi connectivity index (χ2n) is 3.22. The lowest BCUT2D eigenvalue weighted by molar-refractivity contribution is 0.307. The largest absolute Gasteiger partial charge is 0.421 e. The van der Waals surface area contributed by atoms with Crippen LogP contribution in [0, 0.1) is 6.92 Å². The van der Waals surface area contributed by atoms with Gasteiger partial charge in [0.15, 0.2) is 0 Å². The minimum atomic E-state index is 0.146. The Morgan fingerprint density at radius 2 is 2.08 bits per heavy atom. The molecule has 0 radical (unpaired) electrons. The second kappa shape index (κ2) is 4.39. The maximum absolute atomic E-state index is 5.36. The molecule has 0 N–H and O–H groups in total. The first-order chi connectivity index (χ1) is 6.16. The van der Waals surface area contributed by atoms with E-state index >= 15 is 0 Å². The molecule has 70 valence electrons. The summed E-state index contributed by atoms with van der Waals surface area (Å²) in [7, 11) is 0.759. The minimum Gasteiger partial charge on any atom is -0.421 e. The predicted octanol–water partition coefficient (Wildman–Crippen LogP) is 1.69. The molecule has 0 spiro atoms. The molecule has 1 nitrogen and oxygen atoms in total. The summed E-state index contributed by atoms with van der Waals surface area (Å²) in [6.45, 7) is 8.19. The number of hydrogen-bond acceptors (Lipinski definition) is 1. The van der Waals surface area contributed by atoms with Gasteiger partial charge in [0.1, 0.15) is 10.5 Å². The van der Waals surface area contributed by atoms with Gasteiger partial charge in [-0.15, -0.1) is 0 Å². The fourth-order valence-corrected chi connectivity index (χ4v) is 1.58. The van der Waals surface area contributed by atoms with Crippen molar-refractivity contribution < 1.29 is 4.43 Å². The van der Waals surface area contributed by atoms with E-state index in [2.05, 4.69) is 25.6 Å². The summed E-state index contributed by atoms with van der Waals surface area (Å²) in [5, 5.41) is 0. The lowest BCUT2D eigenvalue weighted by Crippen LogP contribution is -2.08. The van der Waals surface area contributed by atoms with Gasteiger partial charge in [0.2, 0.25) is 0 Å². The van der Waals surface area contributed by atoms with Crippen molar-refractivity contribution in [3.8, 4) is 0 Å². The van der Waals surface area contributed by atoms with Crippen LogP contribution in [0.4, 0.5) is 0 Å². The summed E-state index contributed by atoms with van der Waals surface area (Å²) in [6.07, 6.45) is 0.146. The Hall–Kier alpha value is -0.863. The topological polar surface area (TPSA) is 9.23 Å². The first-order valence-corrected chi connectivity index (χ1v) is 5.26. The van der Waals surface area contributed by atoms with Crippen molar-refractivity contribution >= 4 is 16.1 Å². The average Bonchev–Trinajstić information content (AvgIpc) is 2.16. The minimum absolute atomic E-state index is 0.146. The van der Waals surface area contributed by atoms with Crippen molar-refractivity contribution in [2.24, 2.45) is 0 Å². The molecule has 0 heterocycles. The zero-order chi connectivity index (χ0) is 9.84. The Morgan fingerprint density at radius 3 is 2.62 bits per heavy atom. The molecular weight excluding hydrogens is 176 g/mol. The van der Waals surface area contributed by atoms with Gasteiger partial charge in [-0.1, -0.05) is 30.8 Å². The van der Waals surface area contributed by atoms with Crippen LogP contribution in [-0.2, 0) is 4.43 Å². The molecule has 1 aromatic carbocycles. The molecule has 0 fully saturated rings. The van der Waals surface area contributed by atoms with Gasteiger partial charge in [0.05, 0.1) is 6.10 Å². The molecule has 2 heteroatoms. The molecule has 0 saturated carbocycles. The Balaban J connectivity index is 2.95. The zero-order valence-corrected chi connectivity index (χ0v) is 10.5. The van der Waals surface area contributed by atoms with Crippen LogP contribution < -0.4 is 0 Å². The Kier molecular flexibility index (Phi) is 3.45. The van der Waals surface area contributed by atoms with Crippen molar-refractivity contribution in [3.63, 3.8) is 0 Å². The van der Waals surface area contributed by atoms with Gasteiger partial charge in [0, 0.05) is 0 Å². The third kappa shape index (κ3) is 2.29. The molecule has 0 aliphatic carbocycles. The van der Waals surface area contributed by atoms with E-state index in [4.69, 9.17) is 4.43 Å². The molecule has 0 aliphatic rings. The van der Waals surface area contributed by atoms with E-state index in [1.165, 1.54) is 11.1 Å². The maximum Gasteiger partial charge on any atom is 0.146 e. The van der Waals surface area contributed by atoms with Crippen LogP contribution in [0.3, 0.4) is 0 Å². The summed E-state index contributed by atoms with van der Waals surface area (Å²) in [4.78, 5) is 0. The van der Waals surface area contributed by atoms with Gasteiger partial charge in [0.25, 0.3) is 0 Å². The van der Waals surface area contributed by atoms with E-state index in [1.807, 2.05) is 19.1 Å². The predicted molar refractivity (Wildman–Crippen MR) is 60.7 cm³/mol. The Bertz CT molecular complexity index is 307. The summed E-state index contributed by atoms with van der Waals surface area (Å²) in [6, 6.07) is 8.26. The third-order valence-electron chi connectivity index (χ3n) is 2.34. The highest BCUT2D eigenvalue weighted by atomic mass is 28.2. The number of benzene rings is 1. The van der Waals surface area contributed by atoms with E-state index in [9.17, 15) is 0 Å². The highest BCUT2D eigenvalue weighted by molar-refractivity contribution is 5.98. The van der Waals surface area contributed by atoms with Crippen molar-refractivity contribution in [3.05, 3.63) is 42.0 Å². The third-order valence-corrected chi connectivity index (χ3v) is 3.04. The first kappa shape index (κ1) is 10.2. The molecule has 1 atom stereocenters. The summed E-state index contributed by atoms with van der Waals surface area (Å²) in [5.41, 5.74) is 3.55. The number of rotatable bonds is 3. The second-order valence-corrected chi connectivity index (χ2v) is 3.69. The Morgan fingerprint density at radius 1 is 1.46 bits per heavy atom. The lowest BCUT2D eigenvalue weighted by atomic mass is 9.99. The van der Waals surface area contributed by atoms with Gasteiger partial charge in [-0.3, -0.25) is 0 Å². The molecule has 1 rings (SSSR count). The summed E-state index contributed by atoms with van der Waals surface area (Å²) >= 11 is 0. The molecule has 0 saturated heterocycles. The van der Waals surface area contributed by atoms with Crippen LogP contribution in [0.15, 0.2) is 30.8 Å². The molecular formula is C11H16OSi. The summed E-state index contributed by atoms with van der Waals surface area (Å²) in [5.74, 6) is 0. The molecule has 0 aromatic heterocycles. The number of hydrogen-bond donors (Lipinski definition) is 0. The smallest absolute Gasteiger partial charge is 0.146 e. The van der Waals surface area contributed by atoms with E-state index in [-0.39, 0.29) is 6.10 Å². The maximum atomic E-state index is 5.36. The van der Waals surface area contributed by atoms with Gasteiger partial charge in [-0.25, -0.2) is 0 Å². The fraction of sp³-hybridized carbons (Fsp3) is 0.273. The van der Waals surface area contributed by atoms with Crippen LogP contribution in [0.5, 0.6) is 0 Å². The summed E-state index contributed by atoms with van der Waals surface area (Å²) < 4.78 is 5.36. The van der Waals surface area contributed by atoms with E-state index in [0.717, 1.165) is 16.1 Å². The normalized spacial score (nSPS) is 12.8. The quantitative estimate of drug-likeness (QED) is 0.662. The number of aryl methyl sites for hydroxylation is 1. The Labute approximate surface area is 83.0 Å². The van der Waals surface area contributed by atoms with Crippen molar-refractivity contribution in [1.29, 1.82) is 0 Å². The van der Waals surface area contributed by atoms with Crippen molar-refractivity contribution in [2.45, 2.75) is 20.0 Å². The molecule has 0 bridgehead atoms. The average molecular weight is 192 g/mol. The van der Waals surface area contributed by atoms with Gasteiger partial charge >= 0.3 is 0 Å². The van der Waals surface area contributed by atoms with Crippen molar-refractivity contribution in [2.75, 3.05) is 0 Å². The van der Waals surface area contributed by atoms with Gasteiger partial charge < -0.3 is 4.43 Å². The highest BCUT2D eigenvalue weighted by Crippen LogP contribution is 2.20. The van der Waals surface area contributed by atoms with Crippen LogP contribution in [0.2, 0.25) is 0 Å². The van der Waals surface area contributed by atoms with Crippen LogP contribution in [0.1, 0.15) is 18.1 Å². The van der Waals surface area contributed by atoms with Gasteiger partial charge in [-0.2, -0.15) is 0 Å². The molecule has 0 amide bonds. The van der Waals surface area contributed by atoms with Crippen molar-refractivity contribution in [1.82, 2.24) is 0 Å². The first-order valence-electron chi connectivity index (χ1n) is 4.44. The molecule has 1 aromatic rings. The van der Waals surface area contributed by atoms with Gasteiger partial charge in [-0.05, 0) is 30.5 Å². The van der Waals surface area contributed by atoms with E-state index in [1.54, 1.807) is 0 Å². The van der Waals surface area contributed by atoms with Crippen LogP contribution in [-0.4, -0.2) is 16.6 Å². The van der Waals surface area contributed by atoms with E-state index in [0.29, 0.717) is 0 Å². The standard InChI is InChI=1S/C11H16OSi/c1-8-6-4-5-7-11(8)9(2)10(3)12-13/h4-7,10H,2H2,1,3,13H3. The van der Waals surface area contributed by atoms with E-state index < -0.39 is 0 Å². The fourth-order valence-electron chi connectivity index (χ4n) is 1.29. The molecule has 0 aliphatic heterocycles. The monoisotopic (exact) mass is 192 g/mol.